The van der Waals surface area contributed by atoms with Gasteiger partial charge in [-0.05, 0) is 65.2 Å². The van der Waals surface area contributed by atoms with Crippen molar-refractivity contribution in [3.63, 3.8) is 0 Å². The summed E-state index contributed by atoms with van der Waals surface area (Å²) in [7, 11) is 0. The molecule has 0 aromatic heterocycles. The minimum Gasteiger partial charge on any atom is -0.0917 e. The van der Waals surface area contributed by atoms with Crippen molar-refractivity contribution in [2.75, 3.05) is 0 Å². The van der Waals surface area contributed by atoms with Gasteiger partial charge in [0.05, 0.1) is 0 Å². The molecule has 0 heterocycles. The standard InChI is InChI=1S/C30H56/c1-3-5-7-9-11-13-15-17-19-21-23-25-27-29-30-28-26-24-22-20-18-16-14-12-10-8-6-4-2/h3-6,19,21H,7-18,20,22-30H2,1-2H3. The molecule has 0 unspecified atom stereocenters. The molecule has 0 spiro atoms. The average Bonchev–Trinajstić information content (AvgIpc) is 2.76. The lowest BCUT2D eigenvalue weighted by atomic mass is 10.0. The summed E-state index contributed by atoms with van der Waals surface area (Å²) >= 11 is 0. The van der Waals surface area contributed by atoms with E-state index in [2.05, 4.69) is 50.3 Å². The quantitative estimate of drug-likeness (QED) is 0.108. The minimum atomic E-state index is 1.27. The van der Waals surface area contributed by atoms with Crippen molar-refractivity contribution in [2.45, 2.75) is 155 Å². The first-order valence-corrected chi connectivity index (χ1v) is 13.8. The zero-order valence-electron chi connectivity index (χ0n) is 21.0. The van der Waals surface area contributed by atoms with Crippen LogP contribution in [0.1, 0.15) is 155 Å². The van der Waals surface area contributed by atoms with Crippen LogP contribution in [0, 0.1) is 0 Å². The Morgan fingerprint density at radius 1 is 0.267 bits per heavy atom. The SMILES string of the molecule is CC=CCCCCCCC=CCCCCCCCCCCCCCCCCC=CC. The molecule has 0 amide bonds. The van der Waals surface area contributed by atoms with Crippen LogP contribution in [0.5, 0.6) is 0 Å². The van der Waals surface area contributed by atoms with Gasteiger partial charge in [0, 0.05) is 0 Å². The van der Waals surface area contributed by atoms with Gasteiger partial charge in [0.1, 0.15) is 0 Å². The summed E-state index contributed by atoms with van der Waals surface area (Å²) in [5.41, 5.74) is 0. The lowest BCUT2D eigenvalue weighted by Gasteiger charge is -2.03. The molecule has 0 heteroatoms. The molecule has 0 N–H and O–H groups in total. The van der Waals surface area contributed by atoms with Crippen molar-refractivity contribution in [1.29, 1.82) is 0 Å². The first-order chi connectivity index (χ1) is 14.9. The number of rotatable bonds is 24. The molecule has 0 aromatic carbocycles. The number of allylic oxidation sites excluding steroid dienone is 6. The van der Waals surface area contributed by atoms with Gasteiger partial charge in [-0.15, -0.1) is 0 Å². The molecule has 0 saturated carbocycles. The van der Waals surface area contributed by atoms with E-state index in [-0.39, 0.29) is 0 Å². The molecule has 0 bridgehead atoms. The summed E-state index contributed by atoms with van der Waals surface area (Å²) in [5, 5.41) is 0. The van der Waals surface area contributed by atoms with Crippen LogP contribution in [0.3, 0.4) is 0 Å². The summed E-state index contributed by atoms with van der Waals surface area (Å²) in [6.45, 7) is 4.24. The predicted molar refractivity (Wildman–Crippen MR) is 140 cm³/mol. The van der Waals surface area contributed by atoms with Gasteiger partial charge in [-0.1, -0.05) is 126 Å². The van der Waals surface area contributed by atoms with Crippen molar-refractivity contribution in [3.05, 3.63) is 36.5 Å². The summed E-state index contributed by atoms with van der Waals surface area (Å²) in [4.78, 5) is 0. The van der Waals surface area contributed by atoms with Crippen LogP contribution < -0.4 is 0 Å². The van der Waals surface area contributed by atoms with Crippen LogP contribution in [0.4, 0.5) is 0 Å². The molecular formula is C30H56. The van der Waals surface area contributed by atoms with Gasteiger partial charge < -0.3 is 0 Å². The van der Waals surface area contributed by atoms with Crippen molar-refractivity contribution in [3.8, 4) is 0 Å². The van der Waals surface area contributed by atoms with Crippen LogP contribution in [-0.4, -0.2) is 0 Å². The summed E-state index contributed by atoms with van der Waals surface area (Å²) in [6.07, 6.45) is 44.8. The van der Waals surface area contributed by atoms with E-state index < -0.39 is 0 Å². The fraction of sp³-hybridized carbons (Fsp3) is 0.800. The summed E-state index contributed by atoms with van der Waals surface area (Å²) < 4.78 is 0. The molecule has 0 aliphatic carbocycles. The Balaban J connectivity index is 3.07. The fourth-order valence-electron chi connectivity index (χ4n) is 4.09. The number of unbranched alkanes of at least 4 members (excludes halogenated alkanes) is 20. The Bertz CT molecular complexity index is 373. The van der Waals surface area contributed by atoms with Crippen LogP contribution >= 0.6 is 0 Å². The maximum absolute atomic E-state index is 2.43. The maximum Gasteiger partial charge on any atom is -0.0351 e. The third kappa shape index (κ3) is 27.2. The van der Waals surface area contributed by atoms with Crippen LogP contribution in [0.2, 0.25) is 0 Å². The predicted octanol–water partition coefficient (Wildman–Crippen LogP) is 11.3. The molecule has 0 aromatic rings. The van der Waals surface area contributed by atoms with Gasteiger partial charge in [-0.2, -0.15) is 0 Å². The van der Waals surface area contributed by atoms with Gasteiger partial charge in [0.15, 0.2) is 0 Å². The third-order valence-corrected chi connectivity index (χ3v) is 6.12. The van der Waals surface area contributed by atoms with Crippen molar-refractivity contribution in [2.24, 2.45) is 0 Å². The second kappa shape index (κ2) is 28.2. The molecule has 176 valence electrons. The largest absolute Gasteiger partial charge is 0.0917 e. The smallest absolute Gasteiger partial charge is 0.0351 e. The molecule has 0 radical (unpaired) electrons. The first-order valence-electron chi connectivity index (χ1n) is 13.8. The van der Waals surface area contributed by atoms with Crippen molar-refractivity contribution in [1.82, 2.24) is 0 Å². The topological polar surface area (TPSA) is 0 Å². The Morgan fingerprint density at radius 2 is 0.467 bits per heavy atom. The van der Waals surface area contributed by atoms with E-state index in [4.69, 9.17) is 0 Å². The normalized spacial score (nSPS) is 12.2. The van der Waals surface area contributed by atoms with Gasteiger partial charge in [0.25, 0.3) is 0 Å². The Morgan fingerprint density at radius 3 is 0.700 bits per heavy atom. The molecule has 0 aliphatic rings. The van der Waals surface area contributed by atoms with E-state index in [1.54, 1.807) is 0 Å². The average molecular weight is 417 g/mol. The van der Waals surface area contributed by atoms with E-state index >= 15 is 0 Å². The zero-order valence-corrected chi connectivity index (χ0v) is 21.0. The Labute approximate surface area is 191 Å². The second-order valence-corrected chi connectivity index (χ2v) is 9.13. The molecule has 0 fully saturated rings. The second-order valence-electron chi connectivity index (χ2n) is 9.13. The number of hydrogen-bond donors (Lipinski definition) is 0. The summed E-state index contributed by atoms with van der Waals surface area (Å²) in [5.74, 6) is 0. The van der Waals surface area contributed by atoms with E-state index in [9.17, 15) is 0 Å². The van der Waals surface area contributed by atoms with Crippen molar-refractivity contribution < 1.29 is 0 Å². The highest BCUT2D eigenvalue weighted by Gasteiger charge is 1.94. The molecule has 30 heavy (non-hydrogen) atoms. The Hall–Kier alpha value is -0.780. The number of hydrogen-bond acceptors (Lipinski definition) is 0. The summed E-state index contributed by atoms with van der Waals surface area (Å²) in [6, 6.07) is 0. The minimum absolute atomic E-state index is 1.27. The molecule has 0 saturated heterocycles. The fourth-order valence-corrected chi connectivity index (χ4v) is 4.09. The monoisotopic (exact) mass is 416 g/mol. The highest BCUT2D eigenvalue weighted by molar-refractivity contribution is 4.81. The molecule has 0 aliphatic heterocycles. The lowest BCUT2D eigenvalue weighted by molar-refractivity contribution is 0.534. The van der Waals surface area contributed by atoms with Crippen LogP contribution in [-0.2, 0) is 0 Å². The molecule has 0 atom stereocenters. The van der Waals surface area contributed by atoms with Gasteiger partial charge >= 0.3 is 0 Å². The van der Waals surface area contributed by atoms with E-state index in [0.717, 1.165) is 0 Å². The third-order valence-electron chi connectivity index (χ3n) is 6.12. The first kappa shape index (κ1) is 29.2. The highest BCUT2D eigenvalue weighted by Crippen LogP contribution is 2.14. The Kier molecular flexibility index (Phi) is 27.5. The van der Waals surface area contributed by atoms with E-state index in [0.29, 0.717) is 0 Å². The maximum atomic E-state index is 2.43. The van der Waals surface area contributed by atoms with Gasteiger partial charge in [-0.3, -0.25) is 0 Å². The van der Waals surface area contributed by atoms with Crippen LogP contribution in [0.15, 0.2) is 36.5 Å². The van der Waals surface area contributed by atoms with Crippen molar-refractivity contribution >= 4 is 0 Å². The van der Waals surface area contributed by atoms with Gasteiger partial charge in [0.2, 0.25) is 0 Å². The van der Waals surface area contributed by atoms with E-state index in [1.807, 2.05) is 0 Å². The highest BCUT2D eigenvalue weighted by atomic mass is 14.0. The molecule has 0 nitrogen and oxygen atoms in total. The van der Waals surface area contributed by atoms with Gasteiger partial charge in [-0.25, -0.2) is 0 Å². The van der Waals surface area contributed by atoms with Crippen LogP contribution in [0.25, 0.3) is 0 Å². The molecular weight excluding hydrogens is 360 g/mol. The molecule has 0 rings (SSSR count). The lowest BCUT2D eigenvalue weighted by Crippen LogP contribution is -1.83. The zero-order chi connectivity index (χ0) is 21.8. The van der Waals surface area contributed by atoms with E-state index in [1.165, 1.54) is 141 Å².